The van der Waals surface area contributed by atoms with Crippen LogP contribution >= 0.6 is 0 Å². The predicted molar refractivity (Wildman–Crippen MR) is 52.4 cm³/mol. The third-order valence-corrected chi connectivity index (χ3v) is 1.85. The molecule has 2 aromatic rings. The van der Waals surface area contributed by atoms with Crippen LogP contribution in [0.4, 0.5) is 0 Å². The molecule has 4 heteroatoms. The van der Waals surface area contributed by atoms with Crippen molar-refractivity contribution in [2.24, 2.45) is 0 Å². The van der Waals surface area contributed by atoms with Crippen LogP contribution in [0.1, 0.15) is 13.3 Å². The lowest BCUT2D eigenvalue weighted by atomic mass is 10.2. The first-order valence-electron chi connectivity index (χ1n) is 4.64. The summed E-state index contributed by atoms with van der Waals surface area (Å²) < 4.78 is 0. The summed E-state index contributed by atoms with van der Waals surface area (Å²) in [6.07, 6.45) is 1.01. The minimum atomic E-state index is 0.674. The fraction of sp³-hybridized carbons (Fsp3) is 0.300. The molecule has 2 rings (SSSR count). The SMILES string of the molecule is CCCn1nnc(-c2cc[c]cc2)n1. The van der Waals surface area contributed by atoms with Crippen molar-refractivity contribution < 1.29 is 0 Å². The van der Waals surface area contributed by atoms with Crippen molar-refractivity contribution in [1.82, 2.24) is 20.2 Å². The van der Waals surface area contributed by atoms with Crippen molar-refractivity contribution in [2.45, 2.75) is 19.9 Å². The predicted octanol–water partition coefficient (Wildman–Crippen LogP) is 1.55. The van der Waals surface area contributed by atoms with Gasteiger partial charge in [-0.15, -0.1) is 10.2 Å². The highest BCUT2D eigenvalue weighted by Crippen LogP contribution is 2.11. The third-order valence-electron chi connectivity index (χ3n) is 1.85. The minimum absolute atomic E-state index is 0.674. The van der Waals surface area contributed by atoms with Crippen LogP contribution < -0.4 is 0 Å². The number of nitrogens with zero attached hydrogens (tertiary/aromatic N) is 4. The average molecular weight is 187 g/mol. The van der Waals surface area contributed by atoms with Crippen molar-refractivity contribution >= 4 is 0 Å². The van der Waals surface area contributed by atoms with Gasteiger partial charge < -0.3 is 0 Å². The maximum atomic E-state index is 4.25. The highest BCUT2D eigenvalue weighted by Gasteiger charge is 2.03. The standard InChI is InChI=1S/C10H11N4/c1-2-8-14-12-10(11-13-14)9-6-4-3-5-7-9/h4-7H,2,8H2,1H3. The lowest BCUT2D eigenvalue weighted by molar-refractivity contribution is 0.515. The number of aromatic nitrogens is 4. The zero-order chi connectivity index (χ0) is 9.80. The van der Waals surface area contributed by atoms with Crippen LogP contribution in [0.2, 0.25) is 0 Å². The molecule has 14 heavy (non-hydrogen) atoms. The van der Waals surface area contributed by atoms with E-state index in [9.17, 15) is 0 Å². The first-order valence-corrected chi connectivity index (χ1v) is 4.64. The van der Waals surface area contributed by atoms with E-state index in [4.69, 9.17) is 0 Å². The molecule has 0 aliphatic heterocycles. The van der Waals surface area contributed by atoms with E-state index >= 15 is 0 Å². The van der Waals surface area contributed by atoms with E-state index in [-0.39, 0.29) is 0 Å². The van der Waals surface area contributed by atoms with E-state index in [1.54, 1.807) is 4.80 Å². The Morgan fingerprint density at radius 3 is 2.86 bits per heavy atom. The summed E-state index contributed by atoms with van der Waals surface area (Å²) in [6.45, 7) is 2.90. The molecule has 0 bridgehead atoms. The quantitative estimate of drug-likeness (QED) is 0.732. The number of hydrogen-bond donors (Lipinski definition) is 0. The van der Waals surface area contributed by atoms with Gasteiger partial charge in [-0.2, -0.15) is 4.80 Å². The Morgan fingerprint density at radius 1 is 1.36 bits per heavy atom. The summed E-state index contributed by atoms with van der Waals surface area (Å²) >= 11 is 0. The van der Waals surface area contributed by atoms with Crippen molar-refractivity contribution in [3.63, 3.8) is 0 Å². The Bertz CT molecular complexity index is 394. The van der Waals surface area contributed by atoms with Crippen LogP contribution in [-0.2, 0) is 6.54 Å². The molecule has 1 aromatic carbocycles. The molecule has 71 valence electrons. The van der Waals surface area contributed by atoms with Gasteiger partial charge >= 0.3 is 0 Å². The van der Waals surface area contributed by atoms with Crippen molar-refractivity contribution in [3.8, 4) is 11.4 Å². The number of hydrogen-bond acceptors (Lipinski definition) is 3. The van der Waals surface area contributed by atoms with Crippen molar-refractivity contribution in [1.29, 1.82) is 0 Å². The van der Waals surface area contributed by atoms with E-state index in [0.717, 1.165) is 18.5 Å². The molecule has 0 saturated heterocycles. The zero-order valence-corrected chi connectivity index (χ0v) is 8.01. The van der Waals surface area contributed by atoms with Gasteiger partial charge in [0.25, 0.3) is 0 Å². The maximum Gasteiger partial charge on any atom is 0.204 e. The molecule has 4 nitrogen and oxygen atoms in total. The smallest absolute Gasteiger partial charge is 0.164 e. The molecule has 1 aromatic heterocycles. The monoisotopic (exact) mass is 187 g/mol. The number of benzene rings is 1. The molecule has 0 aliphatic carbocycles. The molecule has 1 radical (unpaired) electrons. The van der Waals surface area contributed by atoms with Crippen LogP contribution in [0.5, 0.6) is 0 Å². The second-order valence-corrected chi connectivity index (χ2v) is 3.00. The Kier molecular flexibility index (Phi) is 2.53. The average Bonchev–Trinajstić information content (AvgIpc) is 2.68. The fourth-order valence-corrected chi connectivity index (χ4v) is 1.19. The number of aryl methyl sites for hydroxylation is 1. The molecular formula is C10H11N4. The number of rotatable bonds is 3. The maximum absolute atomic E-state index is 4.25. The van der Waals surface area contributed by atoms with Crippen molar-refractivity contribution in [2.75, 3.05) is 0 Å². The van der Waals surface area contributed by atoms with Crippen LogP contribution in [0.3, 0.4) is 0 Å². The zero-order valence-electron chi connectivity index (χ0n) is 8.01. The fourth-order valence-electron chi connectivity index (χ4n) is 1.19. The first kappa shape index (κ1) is 8.87. The Morgan fingerprint density at radius 2 is 2.14 bits per heavy atom. The van der Waals surface area contributed by atoms with Gasteiger partial charge in [0, 0.05) is 5.56 Å². The molecule has 0 unspecified atom stereocenters. The Labute approximate surface area is 82.6 Å². The molecule has 0 N–H and O–H groups in total. The van der Waals surface area contributed by atoms with Gasteiger partial charge in [-0.3, -0.25) is 0 Å². The van der Waals surface area contributed by atoms with Crippen molar-refractivity contribution in [3.05, 3.63) is 30.3 Å². The molecule has 0 amide bonds. The van der Waals surface area contributed by atoms with Gasteiger partial charge in [-0.25, -0.2) is 0 Å². The molecule has 0 fully saturated rings. The molecule has 0 spiro atoms. The van der Waals surface area contributed by atoms with Crippen LogP contribution in [-0.4, -0.2) is 20.2 Å². The Balaban J connectivity index is 2.25. The van der Waals surface area contributed by atoms with Gasteiger partial charge in [0.05, 0.1) is 6.54 Å². The second-order valence-electron chi connectivity index (χ2n) is 3.00. The van der Waals surface area contributed by atoms with E-state index in [1.807, 2.05) is 24.3 Å². The van der Waals surface area contributed by atoms with Crippen LogP contribution in [0.25, 0.3) is 11.4 Å². The lowest BCUT2D eigenvalue weighted by Gasteiger charge is -1.92. The van der Waals surface area contributed by atoms with E-state index in [2.05, 4.69) is 28.4 Å². The summed E-state index contributed by atoms with van der Waals surface area (Å²) in [5.41, 5.74) is 0.978. The van der Waals surface area contributed by atoms with E-state index in [0.29, 0.717) is 5.82 Å². The van der Waals surface area contributed by atoms with E-state index in [1.165, 1.54) is 0 Å². The highest BCUT2D eigenvalue weighted by molar-refractivity contribution is 5.52. The normalized spacial score (nSPS) is 10.4. The molecule has 0 aliphatic rings. The summed E-state index contributed by atoms with van der Waals surface area (Å²) in [5, 5.41) is 12.2. The molecular weight excluding hydrogens is 176 g/mol. The van der Waals surface area contributed by atoms with Gasteiger partial charge in [0.1, 0.15) is 0 Å². The van der Waals surface area contributed by atoms with Gasteiger partial charge in [0.2, 0.25) is 5.82 Å². The van der Waals surface area contributed by atoms with Gasteiger partial charge in [-0.05, 0) is 17.7 Å². The van der Waals surface area contributed by atoms with E-state index < -0.39 is 0 Å². The summed E-state index contributed by atoms with van der Waals surface area (Å²) in [7, 11) is 0. The molecule has 0 saturated carbocycles. The molecule has 0 atom stereocenters. The summed E-state index contributed by atoms with van der Waals surface area (Å²) in [5.74, 6) is 0.674. The van der Waals surface area contributed by atoms with Crippen LogP contribution in [0.15, 0.2) is 24.3 Å². The van der Waals surface area contributed by atoms with Crippen LogP contribution in [0, 0.1) is 6.07 Å². The largest absolute Gasteiger partial charge is 0.204 e. The number of tetrazole rings is 1. The third kappa shape index (κ3) is 1.79. The van der Waals surface area contributed by atoms with Gasteiger partial charge in [-0.1, -0.05) is 31.2 Å². The Hall–Kier alpha value is -1.71. The summed E-state index contributed by atoms with van der Waals surface area (Å²) in [6, 6.07) is 10.5. The molecule has 1 heterocycles. The first-order chi connectivity index (χ1) is 6.90. The minimum Gasteiger partial charge on any atom is -0.164 e. The lowest BCUT2D eigenvalue weighted by Crippen LogP contribution is -2.00. The highest BCUT2D eigenvalue weighted by atomic mass is 15.6. The second kappa shape index (κ2) is 4.00. The van der Waals surface area contributed by atoms with Gasteiger partial charge in [0.15, 0.2) is 0 Å². The summed E-state index contributed by atoms with van der Waals surface area (Å²) in [4.78, 5) is 1.62. The topological polar surface area (TPSA) is 43.6 Å².